The standard InChI is InChI=1S/C12H10Cl2N4O2/c13-9-2-1-3-10(14)12(9)20-6-8(19)5-18-7-16-11(4-15)17-18/h1-3,7-8,19H,5-6H2. The van der Waals surface area contributed by atoms with Gasteiger partial charge in [-0.25, -0.2) is 9.67 Å². The van der Waals surface area contributed by atoms with E-state index in [1.165, 1.54) is 11.0 Å². The molecule has 0 bridgehead atoms. The molecule has 0 saturated heterocycles. The molecule has 0 amide bonds. The molecule has 6 nitrogen and oxygen atoms in total. The third kappa shape index (κ3) is 3.61. The van der Waals surface area contributed by atoms with Gasteiger partial charge < -0.3 is 9.84 Å². The van der Waals surface area contributed by atoms with Crippen molar-refractivity contribution in [2.45, 2.75) is 12.6 Å². The number of benzene rings is 1. The minimum absolute atomic E-state index is 0.00873. The second-order valence-corrected chi connectivity index (χ2v) is 4.73. The lowest BCUT2D eigenvalue weighted by atomic mass is 10.3. The molecule has 1 heterocycles. The zero-order valence-corrected chi connectivity index (χ0v) is 11.7. The van der Waals surface area contributed by atoms with Crippen molar-refractivity contribution in [3.63, 3.8) is 0 Å². The van der Waals surface area contributed by atoms with Crippen LogP contribution in [0.2, 0.25) is 10.0 Å². The van der Waals surface area contributed by atoms with Crippen molar-refractivity contribution in [1.29, 1.82) is 5.26 Å². The Morgan fingerprint density at radius 3 is 2.70 bits per heavy atom. The molecule has 0 radical (unpaired) electrons. The largest absolute Gasteiger partial charge is 0.488 e. The van der Waals surface area contributed by atoms with E-state index in [1.54, 1.807) is 24.3 Å². The van der Waals surface area contributed by atoms with Gasteiger partial charge in [-0.1, -0.05) is 29.3 Å². The maximum atomic E-state index is 9.84. The van der Waals surface area contributed by atoms with Crippen LogP contribution in [0, 0.1) is 11.3 Å². The molecule has 20 heavy (non-hydrogen) atoms. The Bertz CT molecular complexity index is 618. The first kappa shape index (κ1) is 14.6. The highest BCUT2D eigenvalue weighted by atomic mass is 35.5. The fourth-order valence-corrected chi connectivity index (χ4v) is 2.01. The summed E-state index contributed by atoms with van der Waals surface area (Å²) in [6.45, 7) is 0.141. The second kappa shape index (κ2) is 6.57. The van der Waals surface area contributed by atoms with Crippen LogP contribution >= 0.6 is 23.2 Å². The van der Waals surface area contributed by atoms with E-state index in [1.807, 2.05) is 0 Å². The first-order valence-electron chi connectivity index (χ1n) is 5.64. The number of rotatable bonds is 5. The van der Waals surface area contributed by atoms with Gasteiger partial charge in [-0.3, -0.25) is 0 Å². The molecule has 2 aromatic rings. The van der Waals surface area contributed by atoms with Crippen LogP contribution in [0.25, 0.3) is 0 Å². The number of aromatic nitrogens is 3. The van der Waals surface area contributed by atoms with Crippen molar-refractivity contribution in [3.8, 4) is 11.8 Å². The quantitative estimate of drug-likeness (QED) is 0.911. The third-order valence-electron chi connectivity index (χ3n) is 2.37. The van der Waals surface area contributed by atoms with Crippen molar-refractivity contribution < 1.29 is 9.84 Å². The number of aliphatic hydroxyl groups is 1. The molecular formula is C12H10Cl2N4O2. The SMILES string of the molecule is N#Cc1ncn(CC(O)COc2c(Cl)cccc2Cl)n1. The highest BCUT2D eigenvalue weighted by molar-refractivity contribution is 6.37. The van der Waals surface area contributed by atoms with E-state index < -0.39 is 6.10 Å². The summed E-state index contributed by atoms with van der Waals surface area (Å²) in [7, 11) is 0. The summed E-state index contributed by atoms with van der Waals surface area (Å²) in [4.78, 5) is 3.73. The van der Waals surface area contributed by atoms with E-state index in [4.69, 9.17) is 33.2 Å². The molecule has 1 aromatic carbocycles. The molecule has 1 N–H and O–H groups in total. The minimum atomic E-state index is -0.837. The average Bonchev–Trinajstić information content (AvgIpc) is 2.86. The Morgan fingerprint density at radius 2 is 2.10 bits per heavy atom. The Balaban J connectivity index is 1.92. The number of hydrogen-bond acceptors (Lipinski definition) is 5. The van der Waals surface area contributed by atoms with E-state index in [9.17, 15) is 5.11 Å². The Morgan fingerprint density at radius 1 is 1.40 bits per heavy atom. The first-order chi connectivity index (χ1) is 9.60. The zero-order chi connectivity index (χ0) is 14.5. The van der Waals surface area contributed by atoms with E-state index in [0.29, 0.717) is 15.8 Å². The molecule has 8 heteroatoms. The van der Waals surface area contributed by atoms with Gasteiger partial charge in [0.05, 0.1) is 16.6 Å². The molecule has 1 unspecified atom stereocenters. The van der Waals surface area contributed by atoms with Crippen molar-refractivity contribution in [1.82, 2.24) is 14.8 Å². The van der Waals surface area contributed by atoms with Crippen LogP contribution in [-0.4, -0.2) is 32.6 Å². The molecule has 2 rings (SSSR count). The van der Waals surface area contributed by atoms with E-state index in [2.05, 4.69) is 10.1 Å². The smallest absolute Gasteiger partial charge is 0.252 e. The van der Waals surface area contributed by atoms with Crippen LogP contribution in [-0.2, 0) is 6.54 Å². The van der Waals surface area contributed by atoms with Crippen molar-refractivity contribution in [3.05, 3.63) is 40.4 Å². The van der Waals surface area contributed by atoms with Gasteiger partial charge in [0.25, 0.3) is 5.82 Å². The molecule has 0 aliphatic carbocycles. The van der Waals surface area contributed by atoms with Crippen molar-refractivity contribution in [2.24, 2.45) is 0 Å². The predicted molar refractivity (Wildman–Crippen MR) is 72.7 cm³/mol. The Kier molecular flexibility index (Phi) is 4.79. The maximum Gasteiger partial charge on any atom is 0.252 e. The fraction of sp³-hybridized carbons (Fsp3) is 0.250. The number of hydrogen-bond donors (Lipinski definition) is 1. The van der Waals surface area contributed by atoms with Crippen LogP contribution in [0.4, 0.5) is 0 Å². The molecule has 0 aliphatic heterocycles. The van der Waals surface area contributed by atoms with Gasteiger partial charge in [-0.05, 0) is 12.1 Å². The second-order valence-electron chi connectivity index (χ2n) is 3.92. The van der Waals surface area contributed by atoms with Gasteiger partial charge in [-0.2, -0.15) is 5.26 Å². The van der Waals surface area contributed by atoms with E-state index in [0.717, 1.165) is 0 Å². The minimum Gasteiger partial charge on any atom is -0.488 e. The fourth-order valence-electron chi connectivity index (χ4n) is 1.50. The Hall–Kier alpha value is -1.81. The van der Waals surface area contributed by atoms with Gasteiger partial charge in [0, 0.05) is 0 Å². The molecule has 104 valence electrons. The topological polar surface area (TPSA) is 84.0 Å². The lowest BCUT2D eigenvalue weighted by Crippen LogP contribution is -2.24. The van der Waals surface area contributed by atoms with Gasteiger partial charge in [0.1, 0.15) is 25.1 Å². The van der Waals surface area contributed by atoms with Gasteiger partial charge in [0.2, 0.25) is 0 Å². The average molecular weight is 313 g/mol. The van der Waals surface area contributed by atoms with Crippen LogP contribution < -0.4 is 4.74 Å². The molecule has 0 aliphatic rings. The van der Waals surface area contributed by atoms with E-state index >= 15 is 0 Å². The summed E-state index contributed by atoms with van der Waals surface area (Å²) >= 11 is 11.9. The molecule has 0 saturated carbocycles. The molecule has 0 spiro atoms. The van der Waals surface area contributed by atoms with Crippen LogP contribution in [0.3, 0.4) is 0 Å². The summed E-state index contributed by atoms with van der Waals surface area (Å²) in [6, 6.07) is 6.79. The third-order valence-corrected chi connectivity index (χ3v) is 2.97. The molecule has 1 aromatic heterocycles. The van der Waals surface area contributed by atoms with Crippen LogP contribution in [0.5, 0.6) is 5.75 Å². The lowest BCUT2D eigenvalue weighted by molar-refractivity contribution is 0.0893. The summed E-state index contributed by atoms with van der Waals surface area (Å²) in [5.74, 6) is 0.374. The Labute approximate surface area is 125 Å². The van der Waals surface area contributed by atoms with Gasteiger partial charge in [-0.15, -0.1) is 5.10 Å². The summed E-state index contributed by atoms with van der Waals surface area (Å²) in [6.07, 6.45) is 0.528. The number of aliphatic hydroxyl groups excluding tert-OH is 1. The number of nitriles is 1. The van der Waals surface area contributed by atoms with Crippen molar-refractivity contribution in [2.75, 3.05) is 6.61 Å². The highest BCUT2D eigenvalue weighted by Crippen LogP contribution is 2.32. The van der Waals surface area contributed by atoms with Crippen molar-refractivity contribution >= 4 is 23.2 Å². The predicted octanol–water partition coefficient (Wildman–Crippen LogP) is 1.90. The first-order valence-corrected chi connectivity index (χ1v) is 6.40. The molecule has 1 atom stereocenters. The molecule has 0 fully saturated rings. The summed E-state index contributed by atoms with van der Waals surface area (Å²) < 4.78 is 6.76. The number of para-hydroxylation sites is 1. The monoisotopic (exact) mass is 312 g/mol. The number of nitrogens with zero attached hydrogens (tertiary/aromatic N) is 4. The maximum absolute atomic E-state index is 9.84. The van der Waals surface area contributed by atoms with Crippen LogP contribution in [0.1, 0.15) is 5.82 Å². The van der Waals surface area contributed by atoms with E-state index in [-0.39, 0.29) is 19.0 Å². The zero-order valence-electron chi connectivity index (χ0n) is 10.2. The normalized spacial score (nSPS) is 11.9. The van der Waals surface area contributed by atoms with Crippen LogP contribution in [0.15, 0.2) is 24.5 Å². The summed E-state index contributed by atoms with van der Waals surface area (Å²) in [5, 5.41) is 23.0. The molecular weight excluding hydrogens is 303 g/mol. The number of halogens is 2. The van der Waals surface area contributed by atoms with Gasteiger partial charge in [0.15, 0.2) is 5.75 Å². The lowest BCUT2D eigenvalue weighted by Gasteiger charge is -2.13. The number of ether oxygens (including phenoxy) is 1. The highest BCUT2D eigenvalue weighted by Gasteiger charge is 2.12. The summed E-state index contributed by atoms with van der Waals surface area (Å²) in [5.41, 5.74) is 0. The van der Waals surface area contributed by atoms with Gasteiger partial charge >= 0.3 is 0 Å².